The normalized spacial score (nSPS) is 11.7. The van der Waals surface area contributed by atoms with Gasteiger partial charge in [0.05, 0.1) is 12.5 Å². The van der Waals surface area contributed by atoms with Gasteiger partial charge in [0.2, 0.25) is 5.91 Å². The van der Waals surface area contributed by atoms with E-state index in [1.54, 1.807) is 0 Å². The number of aliphatic hydroxyl groups excluding tert-OH is 1. The molecule has 0 aromatic heterocycles. The number of nitrogens with one attached hydrogen (secondary N) is 1. The Bertz CT molecular complexity index is 148. The van der Waals surface area contributed by atoms with Crippen molar-refractivity contribution < 1.29 is 9.90 Å². The summed E-state index contributed by atoms with van der Waals surface area (Å²) in [5.74, 6) is -0.435. The zero-order chi connectivity index (χ0) is 7.98. The standard InChI is InChI=1S/C6H10N2O2/c1-5(9)6(10)8-4-2-3-7/h5,9H,2,4H2,1H3,(H,8,10)/t5-/m0/s1. The summed E-state index contributed by atoms with van der Waals surface area (Å²) >= 11 is 0. The van der Waals surface area contributed by atoms with Crippen molar-refractivity contribution in [2.45, 2.75) is 19.4 Å². The smallest absolute Gasteiger partial charge is 0.248 e. The number of carbonyl (C=O) groups is 1. The number of amides is 1. The number of hydrogen-bond donors (Lipinski definition) is 2. The quantitative estimate of drug-likeness (QED) is 0.516. The van der Waals surface area contributed by atoms with Crippen LogP contribution in [0.1, 0.15) is 13.3 Å². The summed E-state index contributed by atoms with van der Waals surface area (Å²) in [6, 6.07) is 1.87. The zero-order valence-corrected chi connectivity index (χ0v) is 5.79. The minimum atomic E-state index is -0.987. The van der Waals surface area contributed by atoms with Crippen LogP contribution >= 0.6 is 0 Å². The molecule has 0 aliphatic carbocycles. The van der Waals surface area contributed by atoms with E-state index in [9.17, 15) is 4.79 Å². The highest BCUT2D eigenvalue weighted by molar-refractivity contribution is 5.79. The van der Waals surface area contributed by atoms with Gasteiger partial charge in [-0.25, -0.2) is 0 Å². The molecule has 0 spiro atoms. The second kappa shape index (κ2) is 4.77. The van der Waals surface area contributed by atoms with Crippen molar-refractivity contribution in [3.63, 3.8) is 0 Å². The highest BCUT2D eigenvalue weighted by Gasteiger charge is 2.05. The van der Waals surface area contributed by atoms with Crippen molar-refractivity contribution in [3.05, 3.63) is 0 Å². The summed E-state index contributed by atoms with van der Waals surface area (Å²) in [6.45, 7) is 1.68. The van der Waals surface area contributed by atoms with E-state index in [0.717, 1.165) is 0 Å². The minimum absolute atomic E-state index is 0.276. The molecule has 0 aromatic carbocycles. The highest BCUT2D eigenvalue weighted by atomic mass is 16.3. The Morgan fingerprint density at radius 3 is 2.90 bits per heavy atom. The van der Waals surface area contributed by atoms with Gasteiger partial charge in [0.1, 0.15) is 6.10 Å². The number of nitriles is 1. The lowest BCUT2D eigenvalue weighted by Crippen LogP contribution is -2.32. The van der Waals surface area contributed by atoms with Gasteiger partial charge in [-0.1, -0.05) is 0 Å². The Morgan fingerprint density at radius 1 is 1.90 bits per heavy atom. The fraction of sp³-hybridized carbons (Fsp3) is 0.667. The first-order chi connectivity index (χ1) is 4.68. The molecule has 0 aliphatic rings. The summed E-state index contributed by atoms with van der Waals surface area (Å²) in [5, 5.41) is 19.1. The van der Waals surface area contributed by atoms with Gasteiger partial charge < -0.3 is 10.4 Å². The molecule has 0 saturated heterocycles. The van der Waals surface area contributed by atoms with Crippen LogP contribution in [0.4, 0.5) is 0 Å². The Hall–Kier alpha value is -1.08. The van der Waals surface area contributed by atoms with Gasteiger partial charge in [-0.2, -0.15) is 5.26 Å². The second-order valence-corrected chi connectivity index (χ2v) is 1.88. The SMILES string of the molecule is C[C@H](O)C(=O)NCCC#N. The Kier molecular flexibility index (Phi) is 4.25. The van der Waals surface area contributed by atoms with E-state index >= 15 is 0 Å². The Balaban J connectivity index is 3.33. The lowest BCUT2D eigenvalue weighted by atomic mass is 10.3. The molecule has 1 atom stereocenters. The van der Waals surface area contributed by atoms with Crippen LogP contribution in [0.25, 0.3) is 0 Å². The van der Waals surface area contributed by atoms with Crippen molar-refractivity contribution in [1.82, 2.24) is 5.32 Å². The van der Waals surface area contributed by atoms with Crippen molar-refractivity contribution in [1.29, 1.82) is 5.26 Å². The summed E-state index contributed by atoms with van der Waals surface area (Å²) in [7, 11) is 0. The lowest BCUT2D eigenvalue weighted by Gasteiger charge is -2.03. The minimum Gasteiger partial charge on any atom is -0.384 e. The molecular weight excluding hydrogens is 132 g/mol. The first kappa shape index (κ1) is 8.92. The van der Waals surface area contributed by atoms with E-state index < -0.39 is 12.0 Å². The molecule has 0 unspecified atom stereocenters. The largest absolute Gasteiger partial charge is 0.384 e. The molecule has 4 nitrogen and oxygen atoms in total. The summed E-state index contributed by atoms with van der Waals surface area (Å²) in [5.41, 5.74) is 0. The summed E-state index contributed by atoms with van der Waals surface area (Å²) < 4.78 is 0. The fourth-order valence-corrected chi connectivity index (χ4v) is 0.389. The molecule has 4 heteroatoms. The van der Waals surface area contributed by atoms with Crippen molar-refractivity contribution in [3.8, 4) is 6.07 Å². The van der Waals surface area contributed by atoms with Gasteiger partial charge in [0, 0.05) is 6.54 Å². The maximum absolute atomic E-state index is 10.5. The van der Waals surface area contributed by atoms with Crippen LogP contribution in [-0.2, 0) is 4.79 Å². The molecule has 0 bridgehead atoms. The molecule has 0 heterocycles. The van der Waals surface area contributed by atoms with Gasteiger partial charge in [-0.3, -0.25) is 4.79 Å². The Labute approximate surface area is 59.5 Å². The number of aliphatic hydroxyl groups is 1. The van der Waals surface area contributed by atoms with Gasteiger partial charge in [0.25, 0.3) is 0 Å². The van der Waals surface area contributed by atoms with Crippen molar-refractivity contribution in [2.24, 2.45) is 0 Å². The van der Waals surface area contributed by atoms with E-state index in [1.165, 1.54) is 6.92 Å². The zero-order valence-electron chi connectivity index (χ0n) is 5.79. The average Bonchev–Trinajstić information content (AvgIpc) is 1.88. The van der Waals surface area contributed by atoms with Crippen LogP contribution in [0, 0.1) is 11.3 Å². The maximum Gasteiger partial charge on any atom is 0.248 e. The van der Waals surface area contributed by atoms with Crippen molar-refractivity contribution >= 4 is 5.91 Å². The molecule has 1 amide bonds. The first-order valence-electron chi connectivity index (χ1n) is 3.01. The van der Waals surface area contributed by atoms with Gasteiger partial charge in [0.15, 0.2) is 0 Å². The monoisotopic (exact) mass is 142 g/mol. The van der Waals surface area contributed by atoms with Crippen LogP contribution in [-0.4, -0.2) is 23.7 Å². The van der Waals surface area contributed by atoms with Gasteiger partial charge in [-0.15, -0.1) is 0 Å². The molecule has 0 fully saturated rings. The summed E-state index contributed by atoms with van der Waals surface area (Å²) in [6.07, 6.45) is -0.711. The number of nitrogens with zero attached hydrogens (tertiary/aromatic N) is 1. The molecule has 56 valence electrons. The van der Waals surface area contributed by atoms with Crippen LogP contribution in [0.2, 0.25) is 0 Å². The molecular formula is C6H10N2O2. The third-order valence-electron chi connectivity index (χ3n) is 0.915. The number of rotatable bonds is 3. The molecule has 0 rings (SSSR count). The predicted molar refractivity (Wildman–Crippen MR) is 34.9 cm³/mol. The topological polar surface area (TPSA) is 73.1 Å². The second-order valence-electron chi connectivity index (χ2n) is 1.88. The molecule has 0 saturated carbocycles. The van der Waals surface area contributed by atoms with E-state index in [4.69, 9.17) is 10.4 Å². The van der Waals surface area contributed by atoms with Crippen LogP contribution in [0.5, 0.6) is 0 Å². The maximum atomic E-state index is 10.5. The van der Waals surface area contributed by atoms with Crippen LogP contribution in [0.3, 0.4) is 0 Å². The first-order valence-corrected chi connectivity index (χ1v) is 3.01. The average molecular weight is 142 g/mol. The third kappa shape index (κ3) is 3.87. The van der Waals surface area contributed by atoms with Crippen molar-refractivity contribution in [2.75, 3.05) is 6.54 Å². The number of carbonyl (C=O) groups excluding carboxylic acids is 1. The molecule has 0 aromatic rings. The molecule has 0 radical (unpaired) electrons. The summed E-state index contributed by atoms with van der Waals surface area (Å²) in [4.78, 5) is 10.5. The number of hydrogen-bond acceptors (Lipinski definition) is 3. The third-order valence-corrected chi connectivity index (χ3v) is 0.915. The van der Waals surface area contributed by atoms with Crippen LogP contribution in [0.15, 0.2) is 0 Å². The fourth-order valence-electron chi connectivity index (χ4n) is 0.389. The van der Waals surface area contributed by atoms with E-state index in [0.29, 0.717) is 6.54 Å². The van der Waals surface area contributed by atoms with Gasteiger partial charge in [-0.05, 0) is 6.92 Å². The molecule has 10 heavy (non-hydrogen) atoms. The Morgan fingerprint density at radius 2 is 2.50 bits per heavy atom. The van der Waals surface area contributed by atoms with E-state index in [2.05, 4.69) is 5.32 Å². The van der Waals surface area contributed by atoms with E-state index in [-0.39, 0.29) is 6.42 Å². The predicted octanol–water partition coefficient (Wildman–Crippen LogP) is -0.603. The van der Waals surface area contributed by atoms with Gasteiger partial charge >= 0.3 is 0 Å². The molecule has 0 aliphatic heterocycles. The van der Waals surface area contributed by atoms with Crippen LogP contribution < -0.4 is 5.32 Å². The lowest BCUT2D eigenvalue weighted by molar-refractivity contribution is -0.128. The highest BCUT2D eigenvalue weighted by Crippen LogP contribution is 1.79. The molecule has 2 N–H and O–H groups in total. The van der Waals surface area contributed by atoms with E-state index in [1.807, 2.05) is 6.07 Å².